The molecule has 2 rings (SSSR count). The smallest absolute Gasteiger partial charge is 0.225 e. The molecular weight excluding hydrogens is 313 g/mol. The molecule has 0 aliphatic heterocycles. The Morgan fingerprint density at radius 1 is 1.43 bits per heavy atom. The molecule has 0 aliphatic carbocycles. The van der Waals surface area contributed by atoms with Crippen molar-refractivity contribution >= 4 is 40.6 Å². The van der Waals surface area contributed by atoms with Crippen molar-refractivity contribution in [2.75, 3.05) is 16.8 Å². The summed E-state index contributed by atoms with van der Waals surface area (Å²) in [5.41, 5.74) is 6.22. The lowest BCUT2D eigenvalue weighted by atomic mass is 10.2. The summed E-state index contributed by atoms with van der Waals surface area (Å²) in [7, 11) is 0. The molecule has 0 unspecified atom stereocenters. The number of hydrogen-bond acceptors (Lipinski definition) is 4. The van der Waals surface area contributed by atoms with Crippen molar-refractivity contribution < 1.29 is 9.18 Å². The largest absolute Gasteiger partial charge is 0.397 e. The number of nitrogens with zero attached hydrogens (tertiary/aromatic N) is 1. The molecule has 1 aromatic heterocycles. The number of anilines is 2. The van der Waals surface area contributed by atoms with Gasteiger partial charge in [-0.15, -0.1) is 11.8 Å². The van der Waals surface area contributed by atoms with Crippen molar-refractivity contribution in [1.29, 1.82) is 0 Å². The molecule has 110 valence electrons. The van der Waals surface area contributed by atoms with Gasteiger partial charge in [0.05, 0.1) is 16.4 Å². The third-order valence-electron chi connectivity index (χ3n) is 2.58. The van der Waals surface area contributed by atoms with Crippen LogP contribution in [0.15, 0.2) is 41.6 Å². The van der Waals surface area contributed by atoms with Gasteiger partial charge in [0.15, 0.2) is 0 Å². The Bertz CT molecular complexity index is 654. The monoisotopic (exact) mass is 325 g/mol. The van der Waals surface area contributed by atoms with Crippen molar-refractivity contribution in [3.8, 4) is 0 Å². The van der Waals surface area contributed by atoms with Gasteiger partial charge in [0.2, 0.25) is 5.91 Å². The van der Waals surface area contributed by atoms with Crippen LogP contribution in [0.5, 0.6) is 0 Å². The molecule has 0 radical (unpaired) electrons. The van der Waals surface area contributed by atoms with Gasteiger partial charge in [-0.3, -0.25) is 4.79 Å². The Balaban J connectivity index is 1.84. The van der Waals surface area contributed by atoms with Crippen molar-refractivity contribution in [1.82, 2.24) is 4.98 Å². The predicted molar refractivity (Wildman–Crippen MR) is 84.0 cm³/mol. The first-order chi connectivity index (χ1) is 10.1. The number of aromatic nitrogens is 1. The van der Waals surface area contributed by atoms with Crippen LogP contribution in [0.25, 0.3) is 0 Å². The Morgan fingerprint density at radius 2 is 2.24 bits per heavy atom. The third kappa shape index (κ3) is 4.61. The van der Waals surface area contributed by atoms with E-state index in [1.807, 2.05) is 0 Å². The fourth-order valence-electron chi connectivity index (χ4n) is 1.58. The highest BCUT2D eigenvalue weighted by Gasteiger charge is 2.08. The van der Waals surface area contributed by atoms with Crippen LogP contribution in [-0.4, -0.2) is 16.6 Å². The minimum atomic E-state index is -0.439. The first kappa shape index (κ1) is 15.6. The number of nitrogen functional groups attached to an aromatic ring is 1. The second-order valence-corrected chi connectivity index (χ2v) is 5.66. The Kier molecular flexibility index (Phi) is 5.41. The topological polar surface area (TPSA) is 68.0 Å². The molecule has 1 amide bonds. The first-order valence-electron chi connectivity index (χ1n) is 6.14. The summed E-state index contributed by atoms with van der Waals surface area (Å²) in [6.45, 7) is 0. The average Bonchev–Trinajstić information content (AvgIpc) is 2.44. The number of benzene rings is 1. The molecule has 7 heteroatoms. The summed E-state index contributed by atoms with van der Waals surface area (Å²) in [6.07, 6.45) is 1.92. The Hall–Kier alpha value is -1.79. The van der Waals surface area contributed by atoms with Gasteiger partial charge in [0.25, 0.3) is 0 Å². The summed E-state index contributed by atoms with van der Waals surface area (Å²) in [4.78, 5) is 15.9. The molecule has 0 aliphatic rings. The number of carbonyl (C=O) groups is 1. The van der Waals surface area contributed by atoms with Crippen LogP contribution in [0.3, 0.4) is 0 Å². The van der Waals surface area contributed by atoms with Crippen LogP contribution in [0, 0.1) is 5.82 Å². The van der Waals surface area contributed by atoms with Crippen LogP contribution in [-0.2, 0) is 4.79 Å². The summed E-state index contributed by atoms with van der Waals surface area (Å²) < 4.78 is 12.9. The maximum Gasteiger partial charge on any atom is 0.225 e. The number of nitrogens with two attached hydrogens (primary N) is 1. The van der Waals surface area contributed by atoms with Crippen molar-refractivity contribution in [2.45, 2.75) is 11.4 Å². The van der Waals surface area contributed by atoms with Gasteiger partial charge in [-0.05, 0) is 30.3 Å². The number of halogens is 2. The average molecular weight is 326 g/mol. The zero-order valence-electron chi connectivity index (χ0n) is 11.0. The zero-order valence-corrected chi connectivity index (χ0v) is 12.5. The number of rotatable bonds is 5. The van der Waals surface area contributed by atoms with Crippen LogP contribution < -0.4 is 11.1 Å². The van der Waals surface area contributed by atoms with Gasteiger partial charge in [-0.1, -0.05) is 11.6 Å². The van der Waals surface area contributed by atoms with Crippen molar-refractivity contribution in [2.24, 2.45) is 0 Å². The quantitative estimate of drug-likeness (QED) is 0.651. The summed E-state index contributed by atoms with van der Waals surface area (Å²) in [6, 6.07) is 7.34. The van der Waals surface area contributed by atoms with Gasteiger partial charge in [0.1, 0.15) is 10.8 Å². The van der Waals surface area contributed by atoms with E-state index in [9.17, 15) is 9.18 Å². The minimum absolute atomic E-state index is 0.198. The molecule has 0 bridgehead atoms. The fraction of sp³-hybridized carbons (Fsp3) is 0.143. The van der Waals surface area contributed by atoms with Crippen LogP contribution in [0.4, 0.5) is 15.8 Å². The molecule has 21 heavy (non-hydrogen) atoms. The SMILES string of the molecule is Nc1cc(F)ccc1NC(=O)CCSc1ncccc1Cl. The molecule has 0 saturated heterocycles. The molecule has 2 aromatic rings. The van der Waals surface area contributed by atoms with Crippen molar-refractivity contribution in [3.63, 3.8) is 0 Å². The Labute approximate surface area is 130 Å². The number of thioether (sulfide) groups is 1. The summed E-state index contributed by atoms with van der Waals surface area (Å²) >= 11 is 7.37. The highest BCUT2D eigenvalue weighted by atomic mass is 35.5. The highest BCUT2D eigenvalue weighted by Crippen LogP contribution is 2.25. The van der Waals surface area contributed by atoms with Gasteiger partial charge in [0, 0.05) is 18.4 Å². The molecule has 3 N–H and O–H groups in total. The Morgan fingerprint density at radius 3 is 2.95 bits per heavy atom. The third-order valence-corrected chi connectivity index (χ3v) is 4.00. The van der Waals surface area contributed by atoms with E-state index in [1.54, 1.807) is 18.3 Å². The number of hydrogen-bond donors (Lipinski definition) is 2. The fourth-order valence-corrected chi connectivity index (χ4v) is 2.69. The maximum atomic E-state index is 12.9. The second kappa shape index (κ2) is 7.28. The first-order valence-corrected chi connectivity index (χ1v) is 7.51. The van der Waals surface area contributed by atoms with Crippen LogP contribution >= 0.6 is 23.4 Å². The number of pyridine rings is 1. The molecule has 1 aromatic carbocycles. The molecular formula is C14H13ClFN3OS. The molecule has 0 atom stereocenters. The highest BCUT2D eigenvalue weighted by molar-refractivity contribution is 7.99. The molecule has 4 nitrogen and oxygen atoms in total. The number of amides is 1. The van der Waals surface area contributed by atoms with E-state index in [0.29, 0.717) is 21.5 Å². The lowest BCUT2D eigenvalue weighted by Gasteiger charge is -2.08. The van der Waals surface area contributed by atoms with E-state index in [-0.39, 0.29) is 18.0 Å². The van der Waals surface area contributed by atoms with Crippen LogP contribution in [0.2, 0.25) is 5.02 Å². The lowest BCUT2D eigenvalue weighted by molar-refractivity contribution is -0.115. The summed E-state index contributed by atoms with van der Waals surface area (Å²) in [5, 5.41) is 3.89. The van der Waals surface area contributed by atoms with Gasteiger partial charge >= 0.3 is 0 Å². The molecule has 0 spiro atoms. The number of carbonyl (C=O) groups excluding carboxylic acids is 1. The van der Waals surface area contributed by atoms with Gasteiger partial charge in [-0.25, -0.2) is 9.37 Å². The van der Waals surface area contributed by atoms with Gasteiger partial charge in [-0.2, -0.15) is 0 Å². The van der Waals surface area contributed by atoms with E-state index < -0.39 is 5.82 Å². The van der Waals surface area contributed by atoms with E-state index in [0.717, 1.165) is 6.07 Å². The zero-order chi connectivity index (χ0) is 15.2. The predicted octanol–water partition coefficient (Wildman–Crippen LogP) is 3.58. The second-order valence-electron chi connectivity index (χ2n) is 4.17. The van der Waals surface area contributed by atoms with E-state index in [2.05, 4.69) is 10.3 Å². The summed E-state index contributed by atoms with van der Waals surface area (Å²) in [5.74, 6) is -0.109. The maximum absolute atomic E-state index is 12.9. The number of nitrogens with one attached hydrogen (secondary N) is 1. The molecule has 0 fully saturated rings. The molecule has 1 heterocycles. The minimum Gasteiger partial charge on any atom is -0.397 e. The normalized spacial score (nSPS) is 10.4. The van der Waals surface area contributed by atoms with E-state index in [1.165, 1.54) is 23.9 Å². The van der Waals surface area contributed by atoms with Crippen LogP contribution in [0.1, 0.15) is 6.42 Å². The molecule has 0 saturated carbocycles. The van der Waals surface area contributed by atoms with Crippen molar-refractivity contribution in [3.05, 3.63) is 47.4 Å². The standard InChI is InChI=1S/C14H13ClFN3OS/c15-10-2-1-6-18-14(10)21-7-5-13(20)19-12-4-3-9(16)8-11(12)17/h1-4,6,8H,5,7,17H2,(H,19,20). The van der Waals surface area contributed by atoms with Gasteiger partial charge < -0.3 is 11.1 Å². The van der Waals surface area contributed by atoms with E-state index in [4.69, 9.17) is 17.3 Å². The van der Waals surface area contributed by atoms with E-state index >= 15 is 0 Å². The lowest BCUT2D eigenvalue weighted by Crippen LogP contribution is -2.13.